The van der Waals surface area contributed by atoms with E-state index in [1.807, 2.05) is 0 Å². The largest absolute Gasteiger partial charge is 0.477 e. The van der Waals surface area contributed by atoms with Crippen LogP contribution in [0.4, 0.5) is 5.69 Å². The van der Waals surface area contributed by atoms with Crippen LogP contribution in [0.15, 0.2) is 18.3 Å². The number of carbonyl (C=O) groups is 1. The lowest BCUT2D eigenvalue weighted by atomic mass is 9.98. The molecular formula is C14H20N2O3. The second-order valence-electron chi connectivity index (χ2n) is 4.79. The SMILES string of the molecule is O=C(O)c1ccc(NCCOC2CCCCC2)cn1. The number of carboxylic acids is 1. The second-order valence-corrected chi connectivity index (χ2v) is 4.79. The van der Waals surface area contributed by atoms with Crippen LogP contribution >= 0.6 is 0 Å². The molecule has 0 radical (unpaired) electrons. The summed E-state index contributed by atoms with van der Waals surface area (Å²) in [5.41, 5.74) is 0.876. The van der Waals surface area contributed by atoms with Crippen LogP contribution in [0, 0.1) is 0 Å². The van der Waals surface area contributed by atoms with Crippen molar-refractivity contribution in [3.8, 4) is 0 Å². The molecule has 0 saturated heterocycles. The molecule has 0 unspecified atom stereocenters. The summed E-state index contributed by atoms with van der Waals surface area (Å²) in [5, 5.41) is 11.9. The summed E-state index contributed by atoms with van der Waals surface area (Å²) in [6, 6.07) is 3.21. The van der Waals surface area contributed by atoms with E-state index in [4.69, 9.17) is 9.84 Å². The highest BCUT2D eigenvalue weighted by atomic mass is 16.5. The molecule has 0 amide bonds. The van der Waals surface area contributed by atoms with E-state index in [1.54, 1.807) is 6.07 Å². The molecule has 1 aromatic rings. The molecule has 1 fully saturated rings. The van der Waals surface area contributed by atoms with Gasteiger partial charge in [-0.25, -0.2) is 9.78 Å². The summed E-state index contributed by atoms with van der Waals surface area (Å²) in [4.78, 5) is 14.5. The first-order chi connectivity index (χ1) is 9.25. The van der Waals surface area contributed by atoms with Crippen LogP contribution in [0.3, 0.4) is 0 Å². The number of pyridine rings is 1. The average Bonchev–Trinajstić information content (AvgIpc) is 2.45. The molecule has 0 aromatic carbocycles. The first kappa shape index (κ1) is 13.8. The highest BCUT2D eigenvalue weighted by Crippen LogP contribution is 2.20. The Labute approximate surface area is 113 Å². The van der Waals surface area contributed by atoms with Gasteiger partial charge in [-0.3, -0.25) is 0 Å². The van der Waals surface area contributed by atoms with Crippen molar-refractivity contribution in [2.24, 2.45) is 0 Å². The zero-order valence-electron chi connectivity index (χ0n) is 11.0. The van der Waals surface area contributed by atoms with E-state index in [1.165, 1.54) is 44.4 Å². The smallest absolute Gasteiger partial charge is 0.354 e. The van der Waals surface area contributed by atoms with E-state index in [9.17, 15) is 4.79 Å². The molecule has 2 N–H and O–H groups in total. The van der Waals surface area contributed by atoms with Crippen molar-refractivity contribution < 1.29 is 14.6 Å². The number of rotatable bonds is 6. The zero-order valence-corrected chi connectivity index (χ0v) is 11.0. The van der Waals surface area contributed by atoms with Crippen LogP contribution < -0.4 is 5.32 Å². The van der Waals surface area contributed by atoms with Gasteiger partial charge in [-0.05, 0) is 25.0 Å². The summed E-state index contributed by atoms with van der Waals surface area (Å²) >= 11 is 0. The molecule has 104 valence electrons. The molecule has 5 nitrogen and oxygen atoms in total. The Balaban J connectivity index is 1.66. The van der Waals surface area contributed by atoms with E-state index < -0.39 is 5.97 Å². The van der Waals surface area contributed by atoms with E-state index in [2.05, 4.69) is 10.3 Å². The Kier molecular flexibility index (Phi) is 5.15. The van der Waals surface area contributed by atoms with Crippen molar-refractivity contribution >= 4 is 11.7 Å². The number of carboxylic acid groups (broad SMARTS) is 1. The number of nitrogens with zero attached hydrogens (tertiary/aromatic N) is 1. The quantitative estimate of drug-likeness (QED) is 0.773. The molecule has 0 spiro atoms. The molecule has 1 aliphatic rings. The minimum atomic E-state index is -1.01. The van der Waals surface area contributed by atoms with E-state index in [-0.39, 0.29) is 5.69 Å². The maximum Gasteiger partial charge on any atom is 0.354 e. The summed E-state index contributed by atoms with van der Waals surface area (Å²) in [6.07, 6.45) is 8.19. The Morgan fingerprint density at radius 2 is 2.16 bits per heavy atom. The highest BCUT2D eigenvalue weighted by molar-refractivity contribution is 5.85. The van der Waals surface area contributed by atoms with Gasteiger partial charge in [0.2, 0.25) is 0 Å². The van der Waals surface area contributed by atoms with Gasteiger partial charge < -0.3 is 15.2 Å². The predicted molar refractivity (Wildman–Crippen MR) is 72.5 cm³/mol. The lowest BCUT2D eigenvalue weighted by Crippen LogP contribution is -2.20. The fourth-order valence-electron chi connectivity index (χ4n) is 2.28. The van der Waals surface area contributed by atoms with Gasteiger partial charge in [-0.2, -0.15) is 0 Å². The van der Waals surface area contributed by atoms with E-state index >= 15 is 0 Å². The molecule has 5 heteroatoms. The Bertz CT molecular complexity index is 400. The molecule has 2 rings (SSSR count). The molecule has 0 bridgehead atoms. The van der Waals surface area contributed by atoms with Crippen LogP contribution in [-0.2, 0) is 4.74 Å². The van der Waals surface area contributed by atoms with Crippen LogP contribution in [0.2, 0.25) is 0 Å². The number of ether oxygens (including phenoxy) is 1. The van der Waals surface area contributed by atoms with Crippen molar-refractivity contribution in [2.75, 3.05) is 18.5 Å². The maximum absolute atomic E-state index is 10.6. The summed E-state index contributed by atoms with van der Waals surface area (Å²) in [7, 11) is 0. The number of hydrogen-bond donors (Lipinski definition) is 2. The minimum absolute atomic E-state index is 0.0593. The van der Waals surface area contributed by atoms with Gasteiger partial charge in [0.25, 0.3) is 0 Å². The standard InChI is InChI=1S/C14H20N2O3/c17-14(18)13-7-6-11(10-16-13)15-8-9-19-12-4-2-1-3-5-12/h6-7,10,12,15H,1-5,8-9H2,(H,17,18). The summed E-state index contributed by atoms with van der Waals surface area (Å²) in [6.45, 7) is 1.38. The molecule has 0 aliphatic heterocycles. The molecule has 19 heavy (non-hydrogen) atoms. The van der Waals surface area contributed by atoms with Gasteiger partial charge in [0, 0.05) is 6.54 Å². The van der Waals surface area contributed by atoms with Gasteiger partial charge in [0.15, 0.2) is 0 Å². The number of nitrogens with one attached hydrogen (secondary N) is 1. The molecule has 1 aliphatic carbocycles. The zero-order chi connectivity index (χ0) is 13.5. The topological polar surface area (TPSA) is 71.5 Å². The lowest BCUT2D eigenvalue weighted by molar-refractivity contribution is 0.0347. The highest BCUT2D eigenvalue weighted by Gasteiger charge is 2.12. The number of hydrogen-bond acceptors (Lipinski definition) is 4. The van der Waals surface area contributed by atoms with Gasteiger partial charge in [0.1, 0.15) is 5.69 Å². The number of aromatic carboxylic acids is 1. The van der Waals surface area contributed by atoms with Crippen molar-refractivity contribution in [2.45, 2.75) is 38.2 Å². The summed E-state index contributed by atoms with van der Waals surface area (Å²) in [5.74, 6) is -1.01. The fourth-order valence-corrected chi connectivity index (χ4v) is 2.28. The van der Waals surface area contributed by atoms with Crippen molar-refractivity contribution in [1.82, 2.24) is 4.98 Å². The third-order valence-corrected chi connectivity index (χ3v) is 3.32. The molecular weight excluding hydrogens is 244 g/mol. The van der Waals surface area contributed by atoms with Crippen LogP contribution in [0.1, 0.15) is 42.6 Å². The minimum Gasteiger partial charge on any atom is -0.477 e. The van der Waals surface area contributed by atoms with Crippen LogP contribution in [0.5, 0.6) is 0 Å². The monoisotopic (exact) mass is 264 g/mol. The molecule has 1 heterocycles. The van der Waals surface area contributed by atoms with Crippen LogP contribution in [-0.4, -0.2) is 35.3 Å². The normalized spacial score (nSPS) is 16.2. The van der Waals surface area contributed by atoms with Crippen molar-refractivity contribution in [3.05, 3.63) is 24.0 Å². The van der Waals surface area contributed by atoms with Crippen LogP contribution in [0.25, 0.3) is 0 Å². The molecule has 1 aromatic heterocycles. The molecule has 1 saturated carbocycles. The first-order valence-corrected chi connectivity index (χ1v) is 6.80. The third-order valence-electron chi connectivity index (χ3n) is 3.32. The van der Waals surface area contributed by atoms with Gasteiger partial charge in [0.05, 0.1) is 24.6 Å². The van der Waals surface area contributed by atoms with Crippen molar-refractivity contribution in [1.29, 1.82) is 0 Å². The number of aromatic nitrogens is 1. The fraction of sp³-hybridized carbons (Fsp3) is 0.571. The maximum atomic E-state index is 10.6. The first-order valence-electron chi connectivity index (χ1n) is 6.80. The number of anilines is 1. The van der Waals surface area contributed by atoms with E-state index in [0.717, 1.165) is 5.69 Å². The Hall–Kier alpha value is -1.62. The predicted octanol–water partition coefficient (Wildman–Crippen LogP) is 2.54. The summed E-state index contributed by atoms with van der Waals surface area (Å²) < 4.78 is 5.79. The van der Waals surface area contributed by atoms with E-state index in [0.29, 0.717) is 19.3 Å². The van der Waals surface area contributed by atoms with Gasteiger partial charge >= 0.3 is 5.97 Å². The van der Waals surface area contributed by atoms with Gasteiger partial charge in [-0.1, -0.05) is 19.3 Å². The third kappa shape index (κ3) is 4.52. The lowest BCUT2D eigenvalue weighted by Gasteiger charge is -2.22. The second kappa shape index (κ2) is 7.09. The average molecular weight is 264 g/mol. The Morgan fingerprint density at radius 1 is 1.37 bits per heavy atom. The molecule has 0 atom stereocenters. The van der Waals surface area contributed by atoms with Crippen molar-refractivity contribution in [3.63, 3.8) is 0 Å². The Morgan fingerprint density at radius 3 is 2.79 bits per heavy atom. The van der Waals surface area contributed by atoms with Gasteiger partial charge in [-0.15, -0.1) is 0 Å².